The van der Waals surface area contributed by atoms with Crippen LogP contribution in [0.4, 0.5) is 5.69 Å². The lowest BCUT2D eigenvalue weighted by Gasteiger charge is -2.10. The van der Waals surface area contributed by atoms with Crippen LogP contribution in [0.3, 0.4) is 0 Å². The van der Waals surface area contributed by atoms with Gasteiger partial charge in [0.1, 0.15) is 0 Å². The second-order valence-electron chi connectivity index (χ2n) is 4.49. The van der Waals surface area contributed by atoms with Crippen LogP contribution < -0.4 is 5.32 Å². The highest BCUT2D eigenvalue weighted by Gasteiger charge is 2.16. The van der Waals surface area contributed by atoms with Gasteiger partial charge in [-0.2, -0.15) is 0 Å². The number of nitrogens with one attached hydrogen (secondary N) is 1. The summed E-state index contributed by atoms with van der Waals surface area (Å²) in [4.78, 5) is 12.3. The number of anilines is 1. The van der Waals surface area contributed by atoms with E-state index < -0.39 is 15.7 Å². The van der Waals surface area contributed by atoms with Crippen LogP contribution in [-0.2, 0) is 9.84 Å². The fourth-order valence-corrected chi connectivity index (χ4v) is 3.26. The Labute approximate surface area is 146 Å². The van der Waals surface area contributed by atoms with E-state index in [2.05, 4.69) is 21.2 Å². The van der Waals surface area contributed by atoms with Crippen molar-refractivity contribution in [3.63, 3.8) is 0 Å². The smallest absolute Gasteiger partial charge is 0.257 e. The van der Waals surface area contributed by atoms with Gasteiger partial charge in [0.15, 0.2) is 9.84 Å². The molecule has 2 aromatic carbocycles. The van der Waals surface area contributed by atoms with Crippen molar-refractivity contribution in [1.29, 1.82) is 0 Å². The molecule has 2 rings (SSSR count). The molecule has 0 aliphatic carbocycles. The van der Waals surface area contributed by atoms with Crippen LogP contribution in [0, 0.1) is 0 Å². The molecule has 0 aliphatic rings. The lowest BCUT2D eigenvalue weighted by molar-refractivity contribution is 0.102. The number of benzene rings is 2. The molecular formula is C14H10BrCl2NO3S. The molecule has 1 N–H and O–H groups in total. The van der Waals surface area contributed by atoms with Crippen LogP contribution in [0.2, 0.25) is 10.0 Å². The Morgan fingerprint density at radius 1 is 1.09 bits per heavy atom. The Morgan fingerprint density at radius 2 is 1.77 bits per heavy atom. The minimum Gasteiger partial charge on any atom is -0.321 e. The van der Waals surface area contributed by atoms with Crippen LogP contribution in [0.15, 0.2) is 45.8 Å². The number of carbonyl (C=O) groups is 1. The zero-order valence-electron chi connectivity index (χ0n) is 11.2. The first-order valence-corrected chi connectivity index (χ1v) is 9.38. The van der Waals surface area contributed by atoms with E-state index in [-0.39, 0.29) is 15.5 Å². The van der Waals surface area contributed by atoms with E-state index in [9.17, 15) is 13.2 Å². The maximum atomic E-state index is 12.3. The summed E-state index contributed by atoms with van der Waals surface area (Å²) in [5.74, 6) is -0.542. The lowest BCUT2D eigenvalue weighted by Crippen LogP contribution is -2.13. The van der Waals surface area contributed by atoms with Gasteiger partial charge in [-0.1, -0.05) is 39.1 Å². The first-order valence-electron chi connectivity index (χ1n) is 5.94. The molecule has 0 aromatic heterocycles. The summed E-state index contributed by atoms with van der Waals surface area (Å²) >= 11 is 15.3. The Morgan fingerprint density at radius 3 is 2.36 bits per heavy atom. The molecule has 22 heavy (non-hydrogen) atoms. The molecule has 1 amide bonds. The molecule has 2 aromatic rings. The quantitative estimate of drug-likeness (QED) is 0.796. The number of rotatable bonds is 3. The first kappa shape index (κ1) is 17.3. The van der Waals surface area contributed by atoms with Crippen molar-refractivity contribution in [3.05, 3.63) is 56.5 Å². The summed E-state index contributed by atoms with van der Waals surface area (Å²) in [6, 6.07) is 8.93. The van der Waals surface area contributed by atoms with E-state index in [1.165, 1.54) is 18.2 Å². The van der Waals surface area contributed by atoms with Gasteiger partial charge in [-0.3, -0.25) is 4.79 Å². The maximum absolute atomic E-state index is 12.3. The van der Waals surface area contributed by atoms with E-state index in [0.717, 1.165) is 10.7 Å². The number of hydrogen-bond acceptors (Lipinski definition) is 3. The van der Waals surface area contributed by atoms with Gasteiger partial charge in [-0.15, -0.1) is 0 Å². The fraction of sp³-hybridized carbons (Fsp3) is 0.0714. The van der Waals surface area contributed by atoms with Crippen molar-refractivity contribution < 1.29 is 13.2 Å². The molecule has 0 fully saturated rings. The highest BCUT2D eigenvalue weighted by Crippen LogP contribution is 2.27. The van der Waals surface area contributed by atoms with Gasteiger partial charge >= 0.3 is 0 Å². The lowest BCUT2D eigenvalue weighted by atomic mass is 10.2. The van der Waals surface area contributed by atoms with Gasteiger partial charge < -0.3 is 5.32 Å². The molecule has 0 bridgehead atoms. The summed E-state index contributed by atoms with van der Waals surface area (Å²) in [5.41, 5.74) is 0.458. The molecule has 0 saturated carbocycles. The van der Waals surface area contributed by atoms with Crippen LogP contribution >= 0.6 is 39.1 Å². The summed E-state index contributed by atoms with van der Waals surface area (Å²) in [7, 11) is -3.43. The Bertz CT molecular complexity index is 853. The minimum absolute atomic E-state index is 0.0175. The van der Waals surface area contributed by atoms with Crippen LogP contribution in [0.1, 0.15) is 10.4 Å². The third-order valence-electron chi connectivity index (χ3n) is 2.79. The van der Waals surface area contributed by atoms with Gasteiger partial charge in [-0.05, 0) is 36.4 Å². The second-order valence-corrected chi connectivity index (χ2v) is 8.24. The largest absolute Gasteiger partial charge is 0.321 e. The highest BCUT2D eigenvalue weighted by molar-refractivity contribution is 9.10. The standard InChI is InChI=1S/C14H10BrCl2NO3S/c1-22(20,21)9-3-4-11(16)10(7-9)14(19)18-13-5-2-8(15)6-12(13)17/h2-7H,1H3,(H,18,19). The molecule has 0 radical (unpaired) electrons. The van der Waals surface area contributed by atoms with E-state index in [4.69, 9.17) is 23.2 Å². The van der Waals surface area contributed by atoms with Gasteiger partial charge in [0.2, 0.25) is 0 Å². The molecule has 116 valence electrons. The molecule has 4 nitrogen and oxygen atoms in total. The summed E-state index contributed by atoms with van der Waals surface area (Å²) in [5, 5.41) is 3.10. The van der Waals surface area contributed by atoms with Crippen molar-refractivity contribution >= 4 is 60.6 Å². The number of hydrogen-bond donors (Lipinski definition) is 1. The molecule has 8 heteroatoms. The average molecular weight is 423 g/mol. The normalized spacial score (nSPS) is 11.3. The van der Waals surface area contributed by atoms with Gasteiger partial charge in [0.05, 0.1) is 26.2 Å². The Kier molecular flexibility index (Phi) is 5.17. The number of carbonyl (C=O) groups excluding carboxylic acids is 1. The van der Waals surface area contributed by atoms with E-state index >= 15 is 0 Å². The van der Waals surface area contributed by atoms with Gasteiger partial charge in [0.25, 0.3) is 5.91 Å². The van der Waals surface area contributed by atoms with E-state index in [1.807, 2.05) is 0 Å². The van der Waals surface area contributed by atoms with Crippen molar-refractivity contribution in [2.75, 3.05) is 11.6 Å². The van der Waals surface area contributed by atoms with Gasteiger partial charge in [-0.25, -0.2) is 8.42 Å². The number of halogens is 3. The highest BCUT2D eigenvalue weighted by atomic mass is 79.9. The Hall–Kier alpha value is -1.08. The zero-order chi connectivity index (χ0) is 16.5. The van der Waals surface area contributed by atoms with Crippen molar-refractivity contribution in [3.8, 4) is 0 Å². The SMILES string of the molecule is CS(=O)(=O)c1ccc(Cl)c(C(=O)Nc2ccc(Br)cc2Cl)c1. The molecule has 0 atom stereocenters. The predicted octanol–water partition coefficient (Wildman–Crippen LogP) is 4.41. The fourth-order valence-electron chi connectivity index (χ4n) is 1.69. The van der Waals surface area contributed by atoms with Crippen molar-refractivity contribution in [1.82, 2.24) is 0 Å². The number of sulfone groups is 1. The third-order valence-corrected chi connectivity index (χ3v) is 5.04. The topological polar surface area (TPSA) is 63.2 Å². The molecule has 0 saturated heterocycles. The molecule has 0 heterocycles. The Balaban J connectivity index is 2.37. The van der Waals surface area contributed by atoms with Crippen LogP contribution in [0.5, 0.6) is 0 Å². The summed E-state index contributed by atoms with van der Waals surface area (Å²) < 4.78 is 23.9. The summed E-state index contributed by atoms with van der Waals surface area (Å²) in [6.07, 6.45) is 1.06. The van der Waals surface area contributed by atoms with E-state index in [0.29, 0.717) is 10.7 Å². The van der Waals surface area contributed by atoms with Gasteiger partial charge in [0, 0.05) is 10.7 Å². The first-order chi connectivity index (χ1) is 10.2. The third kappa shape index (κ3) is 4.01. The van der Waals surface area contributed by atoms with Crippen molar-refractivity contribution in [2.45, 2.75) is 4.90 Å². The number of amides is 1. The summed E-state index contributed by atoms with van der Waals surface area (Å²) in [6.45, 7) is 0. The molecule has 0 unspecified atom stereocenters. The average Bonchev–Trinajstić information content (AvgIpc) is 2.41. The zero-order valence-corrected chi connectivity index (χ0v) is 15.1. The van der Waals surface area contributed by atoms with Crippen molar-refractivity contribution in [2.24, 2.45) is 0 Å². The molecule has 0 spiro atoms. The van der Waals surface area contributed by atoms with Crippen LogP contribution in [-0.4, -0.2) is 20.6 Å². The predicted molar refractivity (Wildman–Crippen MR) is 91.7 cm³/mol. The van der Waals surface area contributed by atoms with E-state index in [1.54, 1.807) is 18.2 Å². The van der Waals surface area contributed by atoms with Crippen LogP contribution in [0.25, 0.3) is 0 Å². The maximum Gasteiger partial charge on any atom is 0.257 e. The second kappa shape index (κ2) is 6.58. The molecular weight excluding hydrogens is 413 g/mol. The monoisotopic (exact) mass is 421 g/mol. The minimum atomic E-state index is -3.43. The molecule has 0 aliphatic heterocycles.